The molecular formula is C27H29NO4S. The molecule has 33 heavy (non-hydrogen) atoms. The molecule has 0 radical (unpaired) electrons. The van der Waals surface area contributed by atoms with Gasteiger partial charge >= 0.3 is 5.97 Å². The topological polar surface area (TPSA) is 67.8 Å². The number of aliphatic carboxylic acids is 1. The van der Waals surface area contributed by atoms with E-state index in [9.17, 15) is 9.90 Å². The van der Waals surface area contributed by atoms with Gasteiger partial charge in [-0.15, -0.1) is 0 Å². The van der Waals surface area contributed by atoms with Crippen molar-refractivity contribution in [2.75, 3.05) is 13.2 Å². The van der Waals surface area contributed by atoms with Crippen LogP contribution in [0, 0.1) is 0 Å². The molecule has 0 aliphatic carbocycles. The molecule has 0 fully saturated rings. The molecule has 6 heteroatoms. The monoisotopic (exact) mass is 463 g/mol. The second-order valence-corrected chi connectivity index (χ2v) is 8.05. The summed E-state index contributed by atoms with van der Waals surface area (Å²) in [6, 6.07) is 27.6. The summed E-state index contributed by atoms with van der Waals surface area (Å²) < 4.78 is 11.4. The molecule has 0 aliphatic heterocycles. The predicted molar refractivity (Wildman–Crippen MR) is 134 cm³/mol. The molecule has 0 amide bonds. The van der Waals surface area contributed by atoms with E-state index in [4.69, 9.17) is 21.7 Å². The van der Waals surface area contributed by atoms with Gasteiger partial charge in [-0.05, 0) is 35.7 Å². The summed E-state index contributed by atoms with van der Waals surface area (Å²) in [4.78, 5) is 12.0. The number of nitrogens with one attached hydrogen (secondary N) is 1. The molecule has 2 N–H and O–H groups in total. The number of carbonyl (C=O) groups is 1. The summed E-state index contributed by atoms with van der Waals surface area (Å²) in [6.45, 7) is 3.19. The number of benzene rings is 3. The highest BCUT2D eigenvalue weighted by Crippen LogP contribution is 2.21. The standard InChI is InChI=1S/C27H29NO4S/c1-2-31-25(27(29)30)17-20-13-15-23(16-14-20)32-19-24(22-11-7-4-8-12-22)26(33)28-18-21-9-5-3-6-10-21/h3-16,24-25H,2,17-19H2,1H3,(H,28,33)(H,29,30)/t24?,25-/m0/s1. The number of carboxylic acid groups (broad SMARTS) is 1. The molecule has 5 nitrogen and oxygen atoms in total. The van der Waals surface area contributed by atoms with Crippen molar-refractivity contribution in [2.24, 2.45) is 0 Å². The van der Waals surface area contributed by atoms with E-state index >= 15 is 0 Å². The van der Waals surface area contributed by atoms with Gasteiger partial charge in [-0.2, -0.15) is 0 Å². The zero-order valence-electron chi connectivity index (χ0n) is 18.6. The number of hydrogen-bond acceptors (Lipinski definition) is 4. The molecule has 172 valence electrons. The normalized spacial score (nSPS) is 12.5. The van der Waals surface area contributed by atoms with Crippen LogP contribution in [0.25, 0.3) is 0 Å². The highest BCUT2D eigenvalue weighted by Gasteiger charge is 2.19. The second kappa shape index (κ2) is 12.7. The largest absolute Gasteiger partial charge is 0.493 e. The van der Waals surface area contributed by atoms with Crippen molar-refractivity contribution < 1.29 is 19.4 Å². The van der Waals surface area contributed by atoms with Crippen LogP contribution in [0.2, 0.25) is 0 Å². The molecule has 2 atom stereocenters. The number of thiocarbonyl (C=S) groups is 1. The van der Waals surface area contributed by atoms with Crippen LogP contribution in [0.1, 0.15) is 29.5 Å². The Morgan fingerprint density at radius 1 is 0.939 bits per heavy atom. The Kier molecular flexibility index (Phi) is 9.42. The lowest BCUT2D eigenvalue weighted by Crippen LogP contribution is -2.30. The minimum absolute atomic E-state index is 0.0982. The highest BCUT2D eigenvalue weighted by molar-refractivity contribution is 7.80. The summed E-state index contributed by atoms with van der Waals surface area (Å²) in [5.41, 5.74) is 3.12. The van der Waals surface area contributed by atoms with E-state index in [0.717, 1.165) is 21.7 Å². The van der Waals surface area contributed by atoms with Gasteiger partial charge in [0.15, 0.2) is 6.10 Å². The van der Waals surface area contributed by atoms with Gasteiger partial charge in [-0.25, -0.2) is 4.79 Å². The average Bonchev–Trinajstić information content (AvgIpc) is 2.85. The van der Waals surface area contributed by atoms with Crippen LogP contribution in [0.5, 0.6) is 5.75 Å². The van der Waals surface area contributed by atoms with Gasteiger partial charge in [0.05, 0.1) is 10.9 Å². The van der Waals surface area contributed by atoms with E-state index in [2.05, 4.69) is 17.4 Å². The van der Waals surface area contributed by atoms with Gasteiger partial charge in [0, 0.05) is 19.6 Å². The molecule has 1 unspecified atom stereocenters. The number of rotatable bonds is 12. The van der Waals surface area contributed by atoms with Gasteiger partial charge < -0.3 is 19.9 Å². The van der Waals surface area contributed by atoms with Crippen molar-refractivity contribution in [1.29, 1.82) is 0 Å². The molecule has 0 saturated heterocycles. The van der Waals surface area contributed by atoms with E-state index in [-0.39, 0.29) is 5.92 Å². The van der Waals surface area contributed by atoms with E-state index in [1.54, 1.807) is 6.92 Å². The number of ether oxygens (including phenoxy) is 2. The summed E-state index contributed by atoms with van der Waals surface area (Å²) in [5.74, 6) is -0.354. The van der Waals surface area contributed by atoms with E-state index in [0.29, 0.717) is 31.9 Å². The van der Waals surface area contributed by atoms with Gasteiger partial charge in [0.2, 0.25) is 0 Å². The average molecular weight is 464 g/mol. The third kappa shape index (κ3) is 7.70. The van der Waals surface area contributed by atoms with Gasteiger partial charge in [0.1, 0.15) is 12.4 Å². The Morgan fingerprint density at radius 2 is 1.58 bits per heavy atom. The first-order chi connectivity index (χ1) is 16.1. The molecule has 0 aliphatic rings. The molecule has 3 rings (SSSR count). The van der Waals surface area contributed by atoms with Crippen LogP contribution < -0.4 is 10.1 Å². The summed E-state index contributed by atoms with van der Waals surface area (Å²) >= 11 is 5.73. The first-order valence-corrected chi connectivity index (χ1v) is 11.4. The zero-order valence-corrected chi connectivity index (χ0v) is 19.5. The lowest BCUT2D eigenvalue weighted by atomic mass is 9.99. The lowest BCUT2D eigenvalue weighted by molar-refractivity contribution is -0.149. The number of carboxylic acids is 1. The first-order valence-electron chi connectivity index (χ1n) is 11.0. The molecule has 0 aromatic heterocycles. The van der Waals surface area contributed by atoms with Crippen molar-refractivity contribution in [3.63, 3.8) is 0 Å². The maximum Gasteiger partial charge on any atom is 0.333 e. The van der Waals surface area contributed by atoms with E-state index < -0.39 is 12.1 Å². The van der Waals surface area contributed by atoms with Crippen LogP contribution in [0.3, 0.4) is 0 Å². The Bertz CT molecular complexity index is 1010. The Morgan fingerprint density at radius 3 is 2.18 bits per heavy atom. The van der Waals surface area contributed by atoms with Crippen molar-refractivity contribution in [2.45, 2.75) is 31.9 Å². The van der Waals surface area contributed by atoms with Crippen molar-refractivity contribution in [1.82, 2.24) is 5.32 Å². The SMILES string of the molecule is CCO[C@@H](Cc1ccc(OCC(C(=S)NCc2ccccc2)c2ccccc2)cc1)C(=O)O. The fourth-order valence-electron chi connectivity index (χ4n) is 3.45. The van der Waals surface area contributed by atoms with Crippen LogP contribution in [0.15, 0.2) is 84.9 Å². The maximum absolute atomic E-state index is 11.3. The summed E-state index contributed by atoms with van der Waals surface area (Å²) in [5, 5.41) is 12.6. The quantitative estimate of drug-likeness (QED) is 0.369. The van der Waals surface area contributed by atoms with Crippen molar-refractivity contribution in [3.05, 3.63) is 102 Å². The third-order valence-electron chi connectivity index (χ3n) is 5.23. The van der Waals surface area contributed by atoms with Crippen LogP contribution >= 0.6 is 12.2 Å². The fraction of sp³-hybridized carbons (Fsp3) is 0.259. The van der Waals surface area contributed by atoms with Crippen LogP contribution in [0.4, 0.5) is 0 Å². The van der Waals surface area contributed by atoms with Crippen molar-refractivity contribution >= 4 is 23.2 Å². The Hall–Kier alpha value is -3.22. The fourth-order valence-corrected chi connectivity index (χ4v) is 3.73. The minimum atomic E-state index is -0.959. The zero-order chi connectivity index (χ0) is 23.5. The van der Waals surface area contributed by atoms with E-state index in [1.807, 2.05) is 72.8 Å². The highest BCUT2D eigenvalue weighted by atomic mass is 32.1. The Labute approximate surface area is 200 Å². The van der Waals surface area contributed by atoms with Crippen molar-refractivity contribution in [3.8, 4) is 5.75 Å². The van der Waals surface area contributed by atoms with Crippen LogP contribution in [-0.4, -0.2) is 35.4 Å². The predicted octanol–water partition coefficient (Wildman–Crippen LogP) is 5.00. The molecular weight excluding hydrogens is 434 g/mol. The molecule has 3 aromatic carbocycles. The smallest absolute Gasteiger partial charge is 0.333 e. The van der Waals surface area contributed by atoms with E-state index in [1.165, 1.54) is 0 Å². The Balaban J connectivity index is 1.63. The molecule has 0 saturated carbocycles. The maximum atomic E-state index is 11.3. The molecule has 0 bridgehead atoms. The van der Waals surface area contributed by atoms with Crippen LogP contribution in [-0.2, 0) is 22.5 Å². The van der Waals surface area contributed by atoms with Gasteiger partial charge in [0.25, 0.3) is 0 Å². The second-order valence-electron chi connectivity index (χ2n) is 7.61. The summed E-state index contributed by atoms with van der Waals surface area (Å²) in [7, 11) is 0. The third-order valence-corrected chi connectivity index (χ3v) is 5.66. The molecule has 3 aromatic rings. The summed E-state index contributed by atoms with van der Waals surface area (Å²) in [6.07, 6.45) is -0.541. The van der Waals surface area contributed by atoms with Gasteiger partial charge in [-0.3, -0.25) is 0 Å². The van der Waals surface area contributed by atoms with Gasteiger partial charge in [-0.1, -0.05) is 85.0 Å². The molecule has 0 spiro atoms. The minimum Gasteiger partial charge on any atom is -0.493 e. The first kappa shape index (κ1) is 24.4. The lowest BCUT2D eigenvalue weighted by Gasteiger charge is -2.21. The molecule has 0 heterocycles. The number of hydrogen-bond donors (Lipinski definition) is 2.